The first kappa shape index (κ1) is 26.4. The maximum atomic E-state index is 13.3. The van der Waals surface area contributed by atoms with Gasteiger partial charge < -0.3 is 4.74 Å². The Bertz CT molecular complexity index is 1330. The van der Waals surface area contributed by atoms with Gasteiger partial charge >= 0.3 is 0 Å². The van der Waals surface area contributed by atoms with Gasteiger partial charge in [0.2, 0.25) is 0 Å². The summed E-state index contributed by atoms with van der Waals surface area (Å²) in [6.07, 6.45) is 1.41. The van der Waals surface area contributed by atoms with E-state index in [0.29, 0.717) is 23.8 Å². The largest absolute Gasteiger partial charge is 0.493 e. The molecule has 188 valence electrons. The van der Waals surface area contributed by atoms with E-state index in [0.717, 1.165) is 10.4 Å². The van der Waals surface area contributed by atoms with Crippen LogP contribution in [0.25, 0.3) is 0 Å². The summed E-state index contributed by atoms with van der Waals surface area (Å²) in [5.74, 6) is 0.381. The number of hydrazone groups is 1. The number of nitro benzene ring substituents is 1. The molecule has 11 heteroatoms. The molecule has 0 heterocycles. The van der Waals surface area contributed by atoms with Crippen LogP contribution >= 0.6 is 0 Å². The second-order valence-corrected chi connectivity index (χ2v) is 10.0. The molecule has 0 saturated carbocycles. The lowest BCUT2D eigenvalue weighted by Crippen LogP contribution is -2.39. The molecule has 0 aliphatic heterocycles. The lowest BCUT2D eigenvalue weighted by atomic mass is 10.2. The standard InChI is InChI=1S/C25H26N4O6S/c1-19(2)18-35-23-13-11-20(12-14-23)16-26-27-25(30)17-28(21-7-6-8-22(15-21)29(31)32)36(33,34)24-9-4-3-5-10-24/h3-16,19H,17-18H2,1-2H3,(H,27,30)/b26-16-. The van der Waals surface area contributed by atoms with Gasteiger partial charge in [0.15, 0.2) is 0 Å². The number of nitro groups is 1. The molecule has 0 bridgehead atoms. The number of non-ortho nitro benzene ring substituents is 1. The third-order valence-electron chi connectivity index (χ3n) is 4.81. The third kappa shape index (κ3) is 7.12. The normalized spacial score (nSPS) is 11.4. The van der Waals surface area contributed by atoms with Crippen LogP contribution in [0.2, 0.25) is 0 Å². The molecule has 10 nitrogen and oxygen atoms in total. The van der Waals surface area contributed by atoms with E-state index in [-0.39, 0.29) is 16.3 Å². The fourth-order valence-electron chi connectivity index (χ4n) is 3.05. The smallest absolute Gasteiger partial charge is 0.271 e. The van der Waals surface area contributed by atoms with Crippen molar-refractivity contribution in [1.29, 1.82) is 0 Å². The van der Waals surface area contributed by atoms with Gasteiger partial charge in [-0.25, -0.2) is 13.8 Å². The Balaban J connectivity index is 1.76. The van der Waals surface area contributed by atoms with Gasteiger partial charge in [0.05, 0.1) is 28.3 Å². The van der Waals surface area contributed by atoms with Crippen molar-refractivity contribution in [3.05, 3.63) is 94.5 Å². The van der Waals surface area contributed by atoms with Crippen molar-refractivity contribution in [1.82, 2.24) is 5.43 Å². The average Bonchev–Trinajstić information content (AvgIpc) is 2.87. The van der Waals surface area contributed by atoms with Crippen molar-refractivity contribution in [3.8, 4) is 5.75 Å². The number of anilines is 1. The highest BCUT2D eigenvalue weighted by Gasteiger charge is 2.28. The molecule has 0 aromatic heterocycles. The monoisotopic (exact) mass is 510 g/mol. The molecule has 0 aliphatic rings. The van der Waals surface area contributed by atoms with E-state index in [4.69, 9.17) is 4.74 Å². The van der Waals surface area contributed by atoms with Crippen molar-refractivity contribution in [2.24, 2.45) is 11.0 Å². The minimum absolute atomic E-state index is 0.0239. The molecule has 0 radical (unpaired) electrons. The summed E-state index contributed by atoms with van der Waals surface area (Å²) in [6, 6.07) is 19.7. The SMILES string of the molecule is CC(C)COc1ccc(/C=N\NC(=O)CN(c2cccc([N+](=O)[O-])c2)S(=O)(=O)c2ccccc2)cc1. The number of rotatable bonds is 11. The molecule has 3 rings (SSSR count). The summed E-state index contributed by atoms with van der Waals surface area (Å²) in [5.41, 5.74) is 2.67. The molecule has 3 aromatic carbocycles. The Kier molecular flexibility index (Phi) is 8.74. The predicted molar refractivity (Wildman–Crippen MR) is 137 cm³/mol. The number of nitrogens with one attached hydrogen (secondary N) is 1. The molecule has 1 N–H and O–H groups in total. The first-order valence-corrected chi connectivity index (χ1v) is 12.5. The molecule has 0 aliphatic carbocycles. The highest BCUT2D eigenvalue weighted by Crippen LogP contribution is 2.26. The van der Waals surface area contributed by atoms with Crippen LogP contribution in [0.15, 0.2) is 88.9 Å². The van der Waals surface area contributed by atoms with E-state index < -0.39 is 27.4 Å². The zero-order chi connectivity index (χ0) is 26.1. The molecule has 1 amide bonds. The van der Waals surface area contributed by atoms with Crippen LogP contribution in [0.5, 0.6) is 5.75 Å². The summed E-state index contributed by atoms with van der Waals surface area (Å²) >= 11 is 0. The quantitative estimate of drug-likeness (QED) is 0.236. The predicted octanol–water partition coefficient (Wildman–Crippen LogP) is 3.98. The van der Waals surface area contributed by atoms with Gasteiger partial charge in [-0.2, -0.15) is 5.10 Å². The molecule has 36 heavy (non-hydrogen) atoms. The van der Waals surface area contributed by atoms with Crippen LogP contribution in [0.1, 0.15) is 19.4 Å². The molecule has 0 unspecified atom stereocenters. The van der Waals surface area contributed by atoms with Crippen molar-refractivity contribution < 1.29 is 22.9 Å². The Morgan fingerprint density at radius 2 is 1.78 bits per heavy atom. The summed E-state index contributed by atoms with van der Waals surface area (Å²) < 4.78 is 33.0. The molecule has 0 atom stereocenters. The van der Waals surface area contributed by atoms with Crippen LogP contribution in [-0.2, 0) is 14.8 Å². The first-order chi connectivity index (χ1) is 17.2. The van der Waals surface area contributed by atoms with Gasteiger partial charge in [-0.1, -0.05) is 38.1 Å². The molecule has 0 spiro atoms. The summed E-state index contributed by atoms with van der Waals surface area (Å²) in [4.78, 5) is 23.1. The van der Waals surface area contributed by atoms with Gasteiger partial charge in [0.25, 0.3) is 21.6 Å². The minimum atomic E-state index is -4.20. The molecule has 0 fully saturated rings. The van der Waals surface area contributed by atoms with Gasteiger partial charge in [-0.15, -0.1) is 0 Å². The van der Waals surface area contributed by atoms with E-state index in [1.165, 1.54) is 36.5 Å². The van der Waals surface area contributed by atoms with Crippen LogP contribution in [0.4, 0.5) is 11.4 Å². The lowest BCUT2D eigenvalue weighted by Gasteiger charge is -2.23. The Hall–Kier alpha value is -4.25. The van der Waals surface area contributed by atoms with Crippen LogP contribution in [0, 0.1) is 16.0 Å². The number of benzene rings is 3. The number of sulfonamides is 1. The number of amides is 1. The molecule has 0 saturated heterocycles. The van der Waals surface area contributed by atoms with Gasteiger partial charge in [0, 0.05) is 12.1 Å². The fraction of sp³-hybridized carbons (Fsp3) is 0.200. The zero-order valence-corrected chi connectivity index (χ0v) is 20.6. The molecular formula is C25H26N4O6S. The second kappa shape index (κ2) is 11.9. The van der Waals surface area contributed by atoms with Crippen LogP contribution in [-0.4, -0.2) is 38.6 Å². The van der Waals surface area contributed by atoms with Gasteiger partial charge in [-0.05, 0) is 53.9 Å². The highest BCUT2D eigenvalue weighted by atomic mass is 32.2. The molecule has 3 aromatic rings. The van der Waals surface area contributed by atoms with E-state index in [1.54, 1.807) is 42.5 Å². The first-order valence-electron chi connectivity index (χ1n) is 11.0. The van der Waals surface area contributed by atoms with E-state index in [1.807, 2.05) is 0 Å². The lowest BCUT2D eigenvalue weighted by molar-refractivity contribution is -0.384. The number of carbonyl (C=O) groups is 1. The van der Waals surface area contributed by atoms with Crippen LogP contribution in [0.3, 0.4) is 0 Å². The van der Waals surface area contributed by atoms with E-state index >= 15 is 0 Å². The van der Waals surface area contributed by atoms with Crippen molar-refractivity contribution >= 4 is 33.5 Å². The van der Waals surface area contributed by atoms with Crippen molar-refractivity contribution in [2.45, 2.75) is 18.7 Å². The number of hydrogen-bond acceptors (Lipinski definition) is 7. The summed E-state index contributed by atoms with van der Waals surface area (Å²) in [6.45, 7) is 4.05. The number of carbonyl (C=O) groups excluding carboxylic acids is 1. The third-order valence-corrected chi connectivity index (χ3v) is 6.60. The maximum absolute atomic E-state index is 13.3. The second-order valence-electron chi connectivity index (χ2n) is 8.17. The Morgan fingerprint density at radius 3 is 2.42 bits per heavy atom. The zero-order valence-electron chi connectivity index (χ0n) is 19.8. The maximum Gasteiger partial charge on any atom is 0.271 e. The fourth-order valence-corrected chi connectivity index (χ4v) is 4.49. The molecular weight excluding hydrogens is 484 g/mol. The van der Waals surface area contributed by atoms with E-state index in [2.05, 4.69) is 24.4 Å². The number of hydrogen-bond donors (Lipinski definition) is 1. The average molecular weight is 511 g/mol. The summed E-state index contributed by atoms with van der Waals surface area (Å²) in [7, 11) is -4.20. The van der Waals surface area contributed by atoms with Crippen LogP contribution < -0.4 is 14.5 Å². The Morgan fingerprint density at radius 1 is 1.08 bits per heavy atom. The topological polar surface area (TPSA) is 131 Å². The number of nitrogens with zero attached hydrogens (tertiary/aromatic N) is 3. The summed E-state index contributed by atoms with van der Waals surface area (Å²) in [5, 5.41) is 15.1. The number of ether oxygens (including phenoxy) is 1. The van der Waals surface area contributed by atoms with Gasteiger partial charge in [0.1, 0.15) is 12.3 Å². The van der Waals surface area contributed by atoms with Crippen molar-refractivity contribution in [3.63, 3.8) is 0 Å². The highest BCUT2D eigenvalue weighted by molar-refractivity contribution is 7.92. The van der Waals surface area contributed by atoms with Gasteiger partial charge in [-0.3, -0.25) is 19.2 Å². The van der Waals surface area contributed by atoms with E-state index in [9.17, 15) is 23.3 Å². The minimum Gasteiger partial charge on any atom is -0.493 e. The van der Waals surface area contributed by atoms with Crippen molar-refractivity contribution in [2.75, 3.05) is 17.5 Å². The Labute approximate surface area is 209 Å².